The SMILES string of the molecule is CCC1CCN(C(=O)N2CSC[C@H]2C(=O)O)C1. The fourth-order valence-corrected chi connectivity index (χ4v) is 3.50. The van der Waals surface area contributed by atoms with Crippen molar-refractivity contribution in [2.24, 2.45) is 5.92 Å². The predicted octanol–water partition coefficient (Wildman–Crippen LogP) is 1.30. The molecule has 5 nitrogen and oxygen atoms in total. The standard InChI is InChI=1S/C11H18N2O3S/c1-2-8-3-4-12(5-8)11(16)13-7-17-6-9(13)10(14)15/h8-9H,2-7H2,1H3,(H,14,15)/t8?,9-/m0/s1. The number of carboxylic acids is 1. The van der Waals surface area contributed by atoms with E-state index >= 15 is 0 Å². The van der Waals surface area contributed by atoms with Crippen LogP contribution in [0.25, 0.3) is 0 Å². The lowest BCUT2D eigenvalue weighted by Gasteiger charge is -2.26. The van der Waals surface area contributed by atoms with Crippen molar-refractivity contribution in [3.63, 3.8) is 0 Å². The summed E-state index contributed by atoms with van der Waals surface area (Å²) in [5.41, 5.74) is 0. The van der Waals surface area contributed by atoms with Gasteiger partial charge in [0.1, 0.15) is 6.04 Å². The monoisotopic (exact) mass is 258 g/mol. The Hall–Kier alpha value is -0.910. The smallest absolute Gasteiger partial charge is 0.327 e. The van der Waals surface area contributed by atoms with Gasteiger partial charge in [-0.15, -0.1) is 11.8 Å². The average Bonchev–Trinajstić information content (AvgIpc) is 2.97. The van der Waals surface area contributed by atoms with Crippen LogP contribution in [-0.4, -0.2) is 57.7 Å². The molecule has 0 spiro atoms. The quantitative estimate of drug-likeness (QED) is 0.811. The molecule has 0 aromatic heterocycles. The molecule has 0 bridgehead atoms. The fraction of sp³-hybridized carbons (Fsp3) is 0.818. The Labute approximate surface area is 105 Å². The van der Waals surface area contributed by atoms with Crippen LogP contribution in [0.4, 0.5) is 4.79 Å². The van der Waals surface area contributed by atoms with Crippen LogP contribution in [0.2, 0.25) is 0 Å². The first-order valence-electron chi connectivity index (χ1n) is 5.99. The van der Waals surface area contributed by atoms with Gasteiger partial charge in [-0.2, -0.15) is 0 Å². The summed E-state index contributed by atoms with van der Waals surface area (Å²) in [4.78, 5) is 26.5. The van der Waals surface area contributed by atoms with E-state index in [1.54, 1.807) is 4.90 Å². The summed E-state index contributed by atoms with van der Waals surface area (Å²) in [6, 6.07) is -0.744. The first kappa shape index (κ1) is 12.5. The molecule has 2 heterocycles. The maximum absolute atomic E-state index is 12.2. The van der Waals surface area contributed by atoms with Gasteiger partial charge in [0.25, 0.3) is 0 Å². The van der Waals surface area contributed by atoms with Crippen molar-refractivity contribution >= 4 is 23.8 Å². The molecule has 96 valence electrons. The van der Waals surface area contributed by atoms with E-state index in [4.69, 9.17) is 5.11 Å². The number of thioether (sulfide) groups is 1. The van der Waals surface area contributed by atoms with Crippen LogP contribution in [0.15, 0.2) is 0 Å². The minimum Gasteiger partial charge on any atom is -0.480 e. The van der Waals surface area contributed by atoms with Gasteiger partial charge < -0.3 is 14.9 Å². The van der Waals surface area contributed by atoms with E-state index in [2.05, 4.69) is 6.92 Å². The van der Waals surface area contributed by atoms with Crippen molar-refractivity contribution in [1.82, 2.24) is 9.80 Å². The van der Waals surface area contributed by atoms with Crippen LogP contribution in [0, 0.1) is 5.92 Å². The minimum absolute atomic E-state index is 0.0987. The van der Waals surface area contributed by atoms with Gasteiger partial charge in [-0.3, -0.25) is 0 Å². The molecule has 0 radical (unpaired) electrons. The number of rotatable bonds is 2. The second-order valence-corrected chi connectivity index (χ2v) is 5.62. The normalized spacial score (nSPS) is 28.8. The third-order valence-electron chi connectivity index (χ3n) is 3.55. The molecule has 2 fully saturated rings. The Morgan fingerprint density at radius 3 is 2.82 bits per heavy atom. The molecule has 0 aliphatic carbocycles. The molecular weight excluding hydrogens is 240 g/mol. The zero-order valence-corrected chi connectivity index (χ0v) is 10.8. The second kappa shape index (κ2) is 5.16. The molecule has 2 aliphatic heterocycles. The third kappa shape index (κ3) is 2.51. The highest BCUT2D eigenvalue weighted by atomic mass is 32.2. The number of aliphatic carboxylic acids is 1. The summed E-state index contributed by atoms with van der Waals surface area (Å²) in [6.07, 6.45) is 2.13. The van der Waals surface area contributed by atoms with Crippen LogP contribution in [0.1, 0.15) is 19.8 Å². The van der Waals surface area contributed by atoms with E-state index in [9.17, 15) is 9.59 Å². The number of carbonyl (C=O) groups is 2. The predicted molar refractivity (Wildman–Crippen MR) is 66.0 cm³/mol. The molecule has 2 amide bonds. The van der Waals surface area contributed by atoms with Crippen molar-refractivity contribution in [2.75, 3.05) is 24.7 Å². The Bertz CT molecular complexity index is 324. The molecule has 1 N–H and O–H groups in total. The van der Waals surface area contributed by atoms with Gasteiger partial charge in [0, 0.05) is 18.8 Å². The van der Waals surface area contributed by atoms with Crippen molar-refractivity contribution in [1.29, 1.82) is 0 Å². The number of hydrogen-bond donors (Lipinski definition) is 1. The molecule has 6 heteroatoms. The van der Waals surface area contributed by atoms with Gasteiger partial charge in [-0.1, -0.05) is 13.3 Å². The second-order valence-electron chi connectivity index (χ2n) is 4.62. The van der Waals surface area contributed by atoms with Crippen molar-refractivity contribution in [3.8, 4) is 0 Å². The summed E-state index contributed by atoms with van der Waals surface area (Å²) < 4.78 is 0. The molecule has 17 heavy (non-hydrogen) atoms. The maximum Gasteiger partial charge on any atom is 0.327 e. The number of hydrogen-bond acceptors (Lipinski definition) is 3. The van der Waals surface area contributed by atoms with Crippen molar-refractivity contribution in [2.45, 2.75) is 25.8 Å². The van der Waals surface area contributed by atoms with Crippen LogP contribution in [-0.2, 0) is 4.79 Å². The number of urea groups is 1. The highest BCUT2D eigenvalue weighted by molar-refractivity contribution is 7.99. The average molecular weight is 258 g/mol. The topological polar surface area (TPSA) is 60.9 Å². The minimum atomic E-state index is -0.894. The molecule has 2 rings (SSSR count). The molecular formula is C11H18N2O3S. The summed E-state index contributed by atoms with van der Waals surface area (Å²) in [7, 11) is 0. The van der Waals surface area contributed by atoms with E-state index in [0.717, 1.165) is 25.9 Å². The molecule has 1 unspecified atom stereocenters. The van der Waals surface area contributed by atoms with E-state index in [0.29, 0.717) is 17.5 Å². The van der Waals surface area contributed by atoms with E-state index < -0.39 is 12.0 Å². The lowest BCUT2D eigenvalue weighted by atomic mass is 10.1. The Kier molecular flexibility index (Phi) is 3.81. The number of likely N-dealkylation sites (tertiary alicyclic amines) is 1. The Morgan fingerprint density at radius 2 is 2.24 bits per heavy atom. The summed E-state index contributed by atoms with van der Waals surface area (Å²) in [5.74, 6) is 0.696. The van der Waals surface area contributed by atoms with Gasteiger partial charge in [0.15, 0.2) is 0 Å². The first-order valence-corrected chi connectivity index (χ1v) is 7.15. The van der Waals surface area contributed by atoms with Gasteiger partial charge in [-0.25, -0.2) is 9.59 Å². The summed E-state index contributed by atoms with van der Waals surface area (Å²) in [6.45, 7) is 3.68. The number of carboxylic acid groups (broad SMARTS) is 1. The van der Waals surface area contributed by atoms with E-state index in [-0.39, 0.29) is 6.03 Å². The molecule has 2 atom stereocenters. The summed E-state index contributed by atoms with van der Waals surface area (Å²) in [5, 5.41) is 9.05. The largest absolute Gasteiger partial charge is 0.480 e. The molecule has 0 aromatic rings. The third-order valence-corrected chi connectivity index (χ3v) is 4.56. The zero-order valence-electron chi connectivity index (χ0n) is 9.96. The fourth-order valence-electron chi connectivity index (χ4n) is 2.36. The van der Waals surface area contributed by atoms with Crippen molar-refractivity contribution < 1.29 is 14.7 Å². The zero-order chi connectivity index (χ0) is 12.4. The number of amides is 2. The summed E-state index contributed by atoms with van der Waals surface area (Å²) >= 11 is 1.51. The van der Waals surface area contributed by atoms with Crippen LogP contribution in [0.3, 0.4) is 0 Å². The lowest BCUT2D eigenvalue weighted by Crippen LogP contribution is -2.48. The van der Waals surface area contributed by atoms with Gasteiger partial charge >= 0.3 is 12.0 Å². The Morgan fingerprint density at radius 1 is 1.47 bits per heavy atom. The maximum atomic E-state index is 12.2. The Balaban J connectivity index is 1.98. The van der Waals surface area contributed by atoms with Crippen LogP contribution in [0.5, 0.6) is 0 Å². The molecule has 2 aliphatic rings. The lowest BCUT2D eigenvalue weighted by molar-refractivity contribution is -0.140. The molecule has 0 aromatic carbocycles. The molecule has 2 saturated heterocycles. The van der Waals surface area contributed by atoms with Crippen molar-refractivity contribution in [3.05, 3.63) is 0 Å². The molecule has 0 saturated carbocycles. The highest BCUT2D eigenvalue weighted by Gasteiger charge is 2.38. The van der Waals surface area contributed by atoms with E-state index in [1.165, 1.54) is 16.7 Å². The number of carbonyl (C=O) groups excluding carboxylic acids is 1. The van der Waals surface area contributed by atoms with Gasteiger partial charge in [-0.05, 0) is 12.3 Å². The van der Waals surface area contributed by atoms with E-state index in [1.807, 2.05) is 0 Å². The first-order chi connectivity index (χ1) is 8.13. The van der Waals surface area contributed by atoms with Crippen LogP contribution < -0.4 is 0 Å². The van der Waals surface area contributed by atoms with Crippen LogP contribution >= 0.6 is 11.8 Å². The van der Waals surface area contributed by atoms with Gasteiger partial charge in [0.2, 0.25) is 0 Å². The number of nitrogens with zero attached hydrogens (tertiary/aromatic N) is 2. The van der Waals surface area contributed by atoms with Gasteiger partial charge in [0.05, 0.1) is 5.88 Å². The highest BCUT2D eigenvalue weighted by Crippen LogP contribution is 2.26.